The molecule has 0 aliphatic heterocycles. The van der Waals surface area contributed by atoms with Crippen LogP contribution in [0, 0.1) is 10.1 Å². The van der Waals surface area contributed by atoms with Gasteiger partial charge in [-0.3, -0.25) is 10.1 Å². The van der Waals surface area contributed by atoms with Crippen molar-refractivity contribution in [3.63, 3.8) is 0 Å². The first kappa shape index (κ1) is 17.8. The predicted molar refractivity (Wildman–Crippen MR) is 81.4 cm³/mol. The quantitative estimate of drug-likeness (QED) is 0.418. The molecule has 0 spiro atoms. The number of nitrogens with zero attached hydrogens (tertiary/aromatic N) is 2. The lowest BCUT2D eigenvalue weighted by Gasteiger charge is -2.15. The fourth-order valence-electron chi connectivity index (χ4n) is 1.52. The zero-order valence-corrected chi connectivity index (χ0v) is 13.8. The highest BCUT2D eigenvalue weighted by Crippen LogP contribution is 2.37. The van der Waals surface area contributed by atoms with Gasteiger partial charge < -0.3 is 10.1 Å². The first-order valence-corrected chi connectivity index (χ1v) is 8.66. The number of anilines is 1. The second-order valence-corrected chi connectivity index (χ2v) is 7.41. The summed E-state index contributed by atoms with van der Waals surface area (Å²) >= 11 is 0.864. The summed E-state index contributed by atoms with van der Waals surface area (Å²) in [4.78, 5) is 10.4. The topological polar surface area (TPSA) is 102 Å². The van der Waals surface area contributed by atoms with Crippen molar-refractivity contribution in [1.29, 1.82) is 0 Å². The van der Waals surface area contributed by atoms with E-state index in [4.69, 9.17) is 4.74 Å². The Bertz CT molecular complexity index is 585. The molecular formula is C11H19N3O5S2. The maximum atomic E-state index is 12.3. The van der Waals surface area contributed by atoms with E-state index in [2.05, 4.69) is 5.32 Å². The molecule has 0 aromatic carbocycles. The molecule has 1 aromatic heterocycles. The van der Waals surface area contributed by atoms with Crippen LogP contribution >= 0.6 is 11.3 Å². The monoisotopic (exact) mass is 337 g/mol. The van der Waals surface area contributed by atoms with Crippen LogP contribution < -0.4 is 5.32 Å². The number of sulfonamides is 1. The number of ether oxygens (including phenoxy) is 1. The third-order valence-corrected chi connectivity index (χ3v) is 6.03. The van der Waals surface area contributed by atoms with Gasteiger partial charge in [-0.1, -0.05) is 11.3 Å². The summed E-state index contributed by atoms with van der Waals surface area (Å²) < 4.78 is 30.9. The summed E-state index contributed by atoms with van der Waals surface area (Å²) in [5.41, 5.74) is -0.223. The smallest absolute Gasteiger partial charge is 0.304 e. The maximum absolute atomic E-state index is 12.3. The van der Waals surface area contributed by atoms with Crippen molar-refractivity contribution in [3.05, 3.63) is 16.2 Å². The standard InChI is InChI=1S/C11H19N3O5S2/c1-4-12-11-9(14(15)16)8-10(20-11)21(17,18)13(3)6-7-19-5-2/h8,12H,4-7H2,1-3H3. The zero-order valence-electron chi connectivity index (χ0n) is 12.2. The molecule has 10 heteroatoms. The van der Waals surface area contributed by atoms with Crippen molar-refractivity contribution in [3.8, 4) is 0 Å². The van der Waals surface area contributed by atoms with Gasteiger partial charge in [-0.25, -0.2) is 8.42 Å². The van der Waals surface area contributed by atoms with Crippen molar-refractivity contribution in [1.82, 2.24) is 4.31 Å². The van der Waals surface area contributed by atoms with Crippen LogP contribution in [0.25, 0.3) is 0 Å². The first-order chi connectivity index (χ1) is 9.84. The van der Waals surface area contributed by atoms with E-state index < -0.39 is 14.9 Å². The van der Waals surface area contributed by atoms with E-state index in [-0.39, 0.29) is 28.0 Å². The van der Waals surface area contributed by atoms with Gasteiger partial charge in [0, 0.05) is 32.8 Å². The molecule has 0 atom stereocenters. The van der Waals surface area contributed by atoms with Crippen LogP contribution in [-0.4, -0.2) is 51.0 Å². The van der Waals surface area contributed by atoms with Crippen LogP contribution in [0.3, 0.4) is 0 Å². The van der Waals surface area contributed by atoms with E-state index in [0.29, 0.717) is 13.2 Å². The Hall–Kier alpha value is -1.23. The minimum Gasteiger partial charge on any atom is -0.380 e. The Morgan fingerprint density at radius 3 is 2.67 bits per heavy atom. The molecular weight excluding hydrogens is 318 g/mol. The van der Waals surface area contributed by atoms with Crippen LogP contribution in [0.1, 0.15) is 13.8 Å². The van der Waals surface area contributed by atoms with Gasteiger partial charge in [0.05, 0.1) is 11.5 Å². The largest absolute Gasteiger partial charge is 0.380 e. The van der Waals surface area contributed by atoms with E-state index in [1.54, 1.807) is 6.92 Å². The van der Waals surface area contributed by atoms with Crippen molar-refractivity contribution in [2.75, 3.05) is 38.7 Å². The molecule has 0 bridgehead atoms. The normalized spacial score (nSPS) is 11.8. The van der Waals surface area contributed by atoms with Gasteiger partial charge in [-0.2, -0.15) is 4.31 Å². The van der Waals surface area contributed by atoms with Crippen LogP contribution in [0.4, 0.5) is 10.7 Å². The molecule has 120 valence electrons. The van der Waals surface area contributed by atoms with Crippen LogP contribution in [0.15, 0.2) is 10.3 Å². The lowest BCUT2D eigenvalue weighted by Crippen LogP contribution is -2.29. The van der Waals surface area contributed by atoms with E-state index in [0.717, 1.165) is 21.7 Å². The molecule has 0 radical (unpaired) electrons. The summed E-state index contributed by atoms with van der Waals surface area (Å²) in [6, 6.07) is 1.09. The molecule has 0 aliphatic rings. The number of thiophene rings is 1. The molecule has 0 saturated carbocycles. The van der Waals surface area contributed by atoms with Crippen LogP contribution in [-0.2, 0) is 14.8 Å². The van der Waals surface area contributed by atoms with Gasteiger partial charge in [0.1, 0.15) is 4.21 Å². The lowest BCUT2D eigenvalue weighted by atomic mass is 10.5. The molecule has 1 N–H and O–H groups in total. The lowest BCUT2D eigenvalue weighted by molar-refractivity contribution is -0.383. The molecule has 21 heavy (non-hydrogen) atoms. The van der Waals surface area contributed by atoms with Crippen molar-refractivity contribution < 1.29 is 18.1 Å². The number of hydrogen-bond acceptors (Lipinski definition) is 7. The van der Waals surface area contributed by atoms with Gasteiger partial charge in [-0.15, -0.1) is 0 Å². The molecule has 1 aromatic rings. The van der Waals surface area contributed by atoms with E-state index in [1.807, 2.05) is 6.92 Å². The molecule has 0 saturated heterocycles. The number of rotatable bonds is 9. The number of nitrogens with one attached hydrogen (secondary N) is 1. The van der Waals surface area contributed by atoms with Gasteiger partial charge in [0.25, 0.3) is 10.0 Å². The summed E-state index contributed by atoms with van der Waals surface area (Å²) in [6.45, 7) is 5.05. The average molecular weight is 337 g/mol. The van der Waals surface area contributed by atoms with E-state index in [9.17, 15) is 18.5 Å². The van der Waals surface area contributed by atoms with Crippen molar-refractivity contribution in [2.24, 2.45) is 0 Å². The Kier molecular flexibility index (Phi) is 6.52. The fraction of sp³-hybridized carbons (Fsp3) is 0.636. The van der Waals surface area contributed by atoms with Gasteiger partial charge in [0.15, 0.2) is 5.00 Å². The van der Waals surface area contributed by atoms with Crippen LogP contribution in [0.2, 0.25) is 0 Å². The molecule has 0 aliphatic carbocycles. The van der Waals surface area contributed by atoms with Gasteiger partial charge in [-0.05, 0) is 13.8 Å². The van der Waals surface area contributed by atoms with Gasteiger partial charge >= 0.3 is 5.69 Å². The summed E-state index contributed by atoms with van der Waals surface area (Å²) in [7, 11) is -2.32. The van der Waals surface area contributed by atoms with E-state index in [1.165, 1.54) is 7.05 Å². The molecule has 0 fully saturated rings. The predicted octanol–water partition coefficient (Wildman–Crippen LogP) is 1.75. The molecule has 1 rings (SSSR count). The van der Waals surface area contributed by atoms with Crippen molar-refractivity contribution >= 4 is 32.0 Å². The highest BCUT2D eigenvalue weighted by molar-refractivity contribution is 7.91. The summed E-state index contributed by atoms with van der Waals surface area (Å²) in [5.74, 6) is 0. The number of nitro groups is 1. The van der Waals surface area contributed by atoms with Crippen LogP contribution in [0.5, 0.6) is 0 Å². The first-order valence-electron chi connectivity index (χ1n) is 6.40. The SMILES string of the molecule is CCNc1sc(S(=O)(=O)N(C)CCOCC)cc1[N+](=O)[O-]. The summed E-state index contributed by atoms with van der Waals surface area (Å²) in [5, 5.41) is 14.0. The second kappa shape index (κ2) is 7.69. The Labute approximate surface area is 127 Å². The minimum atomic E-state index is -3.75. The Morgan fingerprint density at radius 2 is 2.14 bits per heavy atom. The maximum Gasteiger partial charge on any atom is 0.304 e. The number of hydrogen-bond donors (Lipinski definition) is 1. The molecule has 8 nitrogen and oxygen atoms in total. The minimum absolute atomic E-state index is 0.0517. The molecule has 0 unspecified atom stereocenters. The van der Waals surface area contributed by atoms with Crippen molar-refractivity contribution in [2.45, 2.75) is 18.1 Å². The fourth-order valence-corrected chi connectivity index (χ4v) is 4.28. The Morgan fingerprint density at radius 1 is 1.48 bits per heavy atom. The molecule has 1 heterocycles. The highest BCUT2D eigenvalue weighted by Gasteiger charge is 2.28. The third kappa shape index (κ3) is 4.37. The Balaban J connectivity index is 3.02. The third-order valence-electron chi connectivity index (χ3n) is 2.64. The number of likely N-dealkylation sites (N-methyl/N-ethyl adjacent to an activating group) is 1. The molecule has 0 amide bonds. The average Bonchev–Trinajstić information content (AvgIpc) is 2.84. The summed E-state index contributed by atoms with van der Waals surface area (Å²) in [6.07, 6.45) is 0. The highest BCUT2D eigenvalue weighted by atomic mass is 32.2. The zero-order chi connectivity index (χ0) is 16.0. The van der Waals surface area contributed by atoms with Gasteiger partial charge in [0.2, 0.25) is 0 Å². The van der Waals surface area contributed by atoms with E-state index >= 15 is 0 Å². The second-order valence-electron chi connectivity index (χ2n) is 4.09.